The molecule has 1 aromatic carbocycles. The molecule has 164 valence electrons. The molecular formula is C21H38BN2O4Y-2. The van der Waals surface area contributed by atoms with Gasteiger partial charge >= 0.3 is 5.97 Å². The Kier molecular flexibility index (Phi) is 38.3. The van der Waals surface area contributed by atoms with Crippen LogP contribution in [0.15, 0.2) is 29.4 Å². The van der Waals surface area contributed by atoms with Gasteiger partial charge in [0.1, 0.15) is 12.5 Å². The summed E-state index contributed by atoms with van der Waals surface area (Å²) in [5.74, 6) is -0.640. The molecule has 0 aromatic heterocycles. The van der Waals surface area contributed by atoms with Crippen LogP contribution in [0.5, 0.6) is 0 Å². The zero-order chi connectivity index (χ0) is 18.4. The zero-order valence-corrected chi connectivity index (χ0v) is 17.3. The molecule has 29 heavy (non-hydrogen) atoms. The Hall–Kier alpha value is -1.46. The number of carbonyl (C=O) groups is 3. The smallest absolute Gasteiger partial charge is 0.305 e. The van der Waals surface area contributed by atoms with Crippen molar-refractivity contribution in [2.75, 3.05) is 0 Å². The largest absolute Gasteiger partial charge is 0.461 e. The van der Waals surface area contributed by atoms with Gasteiger partial charge in [0.25, 0.3) is 0 Å². The molecule has 8 heteroatoms. The van der Waals surface area contributed by atoms with Gasteiger partial charge in [-0.1, -0.05) is 66.5 Å². The van der Waals surface area contributed by atoms with Crippen LogP contribution >= 0.6 is 0 Å². The molecule has 0 saturated heterocycles. The van der Waals surface area contributed by atoms with Gasteiger partial charge in [0.15, 0.2) is 0 Å². The van der Waals surface area contributed by atoms with E-state index in [-0.39, 0.29) is 74.1 Å². The van der Waals surface area contributed by atoms with Crippen molar-refractivity contribution in [3.05, 3.63) is 49.2 Å². The molecule has 0 heterocycles. The number of amides is 1. The van der Waals surface area contributed by atoms with E-state index < -0.39 is 5.91 Å². The second-order valence-electron chi connectivity index (χ2n) is 4.65. The molecule has 0 bridgehead atoms. The van der Waals surface area contributed by atoms with Gasteiger partial charge < -0.3 is 28.2 Å². The molecule has 1 aromatic rings. The fourth-order valence-electron chi connectivity index (χ4n) is 1.46. The maximum Gasteiger partial charge on any atom is 0.305 e. The normalized spacial score (nSPS) is 7.52. The Labute approximate surface area is 204 Å². The number of hydrazone groups is 1. The van der Waals surface area contributed by atoms with E-state index in [4.69, 9.17) is 4.74 Å². The van der Waals surface area contributed by atoms with Crippen LogP contribution < -0.4 is 5.43 Å². The molecule has 0 aliphatic heterocycles. The molecule has 0 aliphatic carbocycles. The van der Waals surface area contributed by atoms with Gasteiger partial charge in [-0.15, -0.1) is 6.42 Å². The number of benzene rings is 1. The summed E-state index contributed by atoms with van der Waals surface area (Å²) in [6.45, 7) is 11.5. The summed E-state index contributed by atoms with van der Waals surface area (Å²) in [4.78, 5) is 31.8. The van der Waals surface area contributed by atoms with Gasteiger partial charge in [-0.2, -0.15) is 5.10 Å². The van der Waals surface area contributed by atoms with Crippen LogP contribution in [0, 0.1) is 13.8 Å². The molecule has 0 spiro atoms. The van der Waals surface area contributed by atoms with Gasteiger partial charge in [0, 0.05) is 45.8 Å². The van der Waals surface area contributed by atoms with Gasteiger partial charge in [-0.3, -0.25) is 10.2 Å². The molecule has 0 fully saturated rings. The minimum Gasteiger partial charge on any atom is -0.461 e. The first kappa shape index (κ1) is 41.8. The molecule has 0 atom stereocenters. The SMILES string of the molecule is C.C.C.C.C=NNC([CH2-])=O.[CH2-]CC(=O)[B]Cc1ccc(COC(=O)CC)cc1.[Y]. The van der Waals surface area contributed by atoms with E-state index in [2.05, 4.69) is 25.7 Å². The van der Waals surface area contributed by atoms with E-state index in [1.165, 1.54) is 0 Å². The van der Waals surface area contributed by atoms with Crippen molar-refractivity contribution in [1.82, 2.24) is 5.43 Å². The standard InChI is InChI=1S/C14H17BO3.C3H5N2O.4CH4.Y/c1-3-13(16)15-9-11-5-7-12(8-6-11)10-18-14(17)4-2;1-3(6)5-4-2;;;;;/h5-8H,1,3-4,9-10H2,2H3;1-2H2,(H,5,6);4*1H4;/q2*-1;;;;;. The van der Waals surface area contributed by atoms with Crippen molar-refractivity contribution >= 4 is 31.6 Å². The number of esters is 1. The summed E-state index contributed by atoms with van der Waals surface area (Å²) in [6.07, 6.45) is 1.30. The van der Waals surface area contributed by atoms with E-state index in [1.54, 1.807) is 14.2 Å². The van der Waals surface area contributed by atoms with E-state index in [0.29, 0.717) is 25.8 Å². The zero-order valence-electron chi connectivity index (χ0n) is 14.5. The Balaban J connectivity index is -0.000000107. The molecule has 1 amide bonds. The Morgan fingerprint density at radius 3 is 1.93 bits per heavy atom. The summed E-state index contributed by atoms with van der Waals surface area (Å²) >= 11 is 0. The summed E-state index contributed by atoms with van der Waals surface area (Å²) < 4.78 is 5.02. The molecule has 1 N–H and O–H groups in total. The third-order valence-corrected chi connectivity index (χ3v) is 2.73. The molecular weight excluding hydrogens is 444 g/mol. The van der Waals surface area contributed by atoms with Crippen LogP contribution in [0.2, 0.25) is 0 Å². The van der Waals surface area contributed by atoms with Gasteiger partial charge in [0.2, 0.25) is 7.28 Å². The van der Waals surface area contributed by atoms with Crippen LogP contribution in [-0.2, 0) is 64.8 Å². The number of rotatable bonds is 8. The predicted octanol–water partition coefficient (Wildman–Crippen LogP) is 4.19. The summed E-state index contributed by atoms with van der Waals surface area (Å²) in [6, 6.07) is 7.67. The fourth-order valence-corrected chi connectivity index (χ4v) is 1.46. The third-order valence-electron chi connectivity index (χ3n) is 2.73. The average Bonchev–Trinajstić information content (AvgIpc) is 2.58. The fraction of sp³-hybridized carbons (Fsp3) is 0.429. The number of nitrogens with one attached hydrogen (secondary N) is 1. The van der Waals surface area contributed by atoms with Crippen molar-refractivity contribution in [1.29, 1.82) is 0 Å². The van der Waals surface area contributed by atoms with Crippen LogP contribution in [0.1, 0.15) is 60.6 Å². The number of hydrogen-bond acceptors (Lipinski definition) is 5. The first-order valence-electron chi connectivity index (χ1n) is 7.39. The first-order chi connectivity index (χ1) is 11.4. The maximum absolute atomic E-state index is 11.1. The average molecular weight is 482 g/mol. The van der Waals surface area contributed by atoms with E-state index in [0.717, 1.165) is 11.1 Å². The number of carbonyl (C=O) groups excluding carboxylic acids is 3. The first-order valence-corrected chi connectivity index (χ1v) is 7.39. The minimum absolute atomic E-state index is 0. The van der Waals surface area contributed by atoms with Gasteiger partial charge in [-0.25, -0.2) is 0 Å². The number of ether oxygens (including phenoxy) is 1. The summed E-state index contributed by atoms with van der Waals surface area (Å²) in [7, 11) is 1.64. The topological polar surface area (TPSA) is 84.8 Å². The predicted molar refractivity (Wildman–Crippen MR) is 121 cm³/mol. The second-order valence-corrected chi connectivity index (χ2v) is 4.65. The summed E-state index contributed by atoms with van der Waals surface area (Å²) in [5.41, 5.74) is 4.03. The van der Waals surface area contributed by atoms with Crippen LogP contribution in [-0.4, -0.2) is 31.6 Å². The number of nitrogens with zero attached hydrogens (tertiary/aromatic N) is 1. The third kappa shape index (κ3) is 24.5. The monoisotopic (exact) mass is 482 g/mol. The quantitative estimate of drug-likeness (QED) is 0.198. The van der Waals surface area contributed by atoms with Crippen LogP contribution in [0.3, 0.4) is 0 Å². The molecule has 6 nitrogen and oxygen atoms in total. The van der Waals surface area contributed by atoms with Gasteiger partial charge in [0.05, 0.1) is 5.68 Å². The van der Waals surface area contributed by atoms with Crippen molar-refractivity contribution in [2.24, 2.45) is 5.10 Å². The van der Waals surface area contributed by atoms with E-state index in [9.17, 15) is 14.4 Å². The van der Waals surface area contributed by atoms with Crippen LogP contribution in [0.4, 0.5) is 0 Å². The Morgan fingerprint density at radius 1 is 1.10 bits per heavy atom. The van der Waals surface area contributed by atoms with E-state index >= 15 is 0 Å². The molecule has 0 unspecified atom stereocenters. The van der Waals surface area contributed by atoms with Gasteiger partial charge in [-0.05, 0) is 11.9 Å². The van der Waals surface area contributed by atoms with Crippen molar-refractivity contribution in [3.8, 4) is 0 Å². The van der Waals surface area contributed by atoms with Crippen molar-refractivity contribution in [3.63, 3.8) is 0 Å². The maximum atomic E-state index is 11.1. The molecule has 0 saturated carbocycles. The number of hydrogen-bond donors (Lipinski definition) is 1. The molecule has 1 rings (SSSR count). The second kappa shape index (κ2) is 26.5. The van der Waals surface area contributed by atoms with Crippen LogP contribution in [0.25, 0.3) is 0 Å². The van der Waals surface area contributed by atoms with E-state index in [1.807, 2.05) is 29.7 Å². The molecule has 2 radical (unpaired) electrons. The Morgan fingerprint density at radius 2 is 1.59 bits per heavy atom. The Bertz CT molecular complexity index is 513. The summed E-state index contributed by atoms with van der Waals surface area (Å²) in [5, 5.41) is 3.02. The van der Waals surface area contributed by atoms with Crippen molar-refractivity contribution < 1.29 is 51.8 Å². The minimum atomic E-state index is -0.440. The van der Waals surface area contributed by atoms with Crippen molar-refractivity contribution in [2.45, 2.75) is 62.4 Å². The molecule has 0 aliphatic rings.